The summed E-state index contributed by atoms with van der Waals surface area (Å²) >= 11 is 13.2. The summed E-state index contributed by atoms with van der Waals surface area (Å²) in [6.07, 6.45) is 1.61. The van der Waals surface area contributed by atoms with Crippen LogP contribution in [-0.2, 0) is 16.1 Å². The van der Waals surface area contributed by atoms with Crippen LogP contribution < -0.4 is 9.47 Å². The van der Waals surface area contributed by atoms with E-state index < -0.39 is 0 Å². The molecule has 0 unspecified atom stereocenters. The molecular weight excluding hydrogens is 525 g/mol. The van der Waals surface area contributed by atoms with Crippen molar-refractivity contribution >= 4 is 45.1 Å². The Kier molecular flexibility index (Phi) is 8.17. The highest BCUT2D eigenvalue weighted by Crippen LogP contribution is 2.38. The van der Waals surface area contributed by atoms with Crippen LogP contribution in [0.25, 0.3) is 15.9 Å². The Morgan fingerprint density at radius 2 is 1.95 bits per heavy atom. The first-order valence-electron chi connectivity index (χ1n) is 13.2. The van der Waals surface area contributed by atoms with Gasteiger partial charge in [-0.05, 0) is 76.5 Å². The molecule has 1 saturated heterocycles. The number of carbonyl (C=O) groups is 1. The van der Waals surface area contributed by atoms with Gasteiger partial charge in [-0.25, -0.2) is 0 Å². The van der Waals surface area contributed by atoms with E-state index in [0.29, 0.717) is 36.5 Å². The van der Waals surface area contributed by atoms with E-state index in [1.807, 2.05) is 48.0 Å². The highest BCUT2D eigenvalue weighted by molar-refractivity contribution is 6.49. The summed E-state index contributed by atoms with van der Waals surface area (Å²) in [6, 6.07) is 12.1. The van der Waals surface area contributed by atoms with Crippen molar-refractivity contribution in [3.05, 3.63) is 58.3 Å². The third-order valence-electron chi connectivity index (χ3n) is 7.14. The number of piperidine rings is 1. The fourth-order valence-electron chi connectivity index (χ4n) is 5.08. The van der Waals surface area contributed by atoms with Crippen molar-refractivity contribution in [2.75, 3.05) is 32.8 Å². The molecule has 0 spiro atoms. The fourth-order valence-corrected chi connectivity index (χ4v) is 5.59. The van der Waals surface area contributed by atoms with Gasteiger partial charge in [-0.1, -0.05) is 29.3 Å². The van der Waals surface area contributed by atoms with Crippen LogP contribution in [0.1, 0.15) is 50.8 Å². The number of fused-ring (bicyclic) bond motifs is 2. The van der Waals surface area contributed by atoms with Crippen LogP contribution in [-0.4, -0.2) is 53.5 Å². The molecule has 3 heterocycles. The Bertz CT molecular complexity index is 1360. The largest absolute Gasteiger partial charge is 0.489 e. The second kappa shape index (κ2) is 11.6. The van der Waals surface area contributed by atoms with Gasteiger partial charge in [0.25, 0.3) is 0 Å². The second-order valence-electron chi connectivity index (χ2n) is 10.1. The number of rotatable bonds is 8. The van der Waals surface area contributed by atoms with Crippen LogP contribution in [0.5, 0.6) is 11.5 Å². The number of hydrogen-bond donors (Lipinski definition) is 0. The van der Waals surface area contributed by atoms with E-state index in [2.05, 4.69) is 23.8 Å². The molecule has 38 heavy (non-hydrogen) atoms. The average molecular weight is 559 g/mol. The summed E-state index contributed by atoms with van der Waals surface area (Å²) in [6.45, 7) is 9.68. The van der Waals surface area contributed by atoms with Crippen molar-refractivity contribution in [3.63, 3.8) is 0 Å². The minimum Gasteiger partial charge on any atom is -0.489 e. The molecule has 2 aromatic carbocycles. The minimum absolute atomic E-state index is 0.00550. The topological polar surface area (TPSA) is 65.8 Å². The van der Waals surface area contributed by atoms with Crippen LogP contribution in [0.15, 0.2) is 42.0 Å². The monoisotopic (exact) mass is 557 g/mol. The molecule has 0 radical (unpaired) electrons. The molecule has 1 aromatic heterocycles. The van der Waals surface area contributed by atoms with Crippen LogP contribution in [0, 0.1) is 5.92 Å². The zero-order valence-electron chi connectivity index (χ0n) is 22.0. The van der Waals surface area contributed by atoms with E-state index in [4.69, 9.17) is 37.4 Å². The number of nitrogens with zero attached hydrogens (tertiary/aromatic N) is 3. The summed E-state index contributed by atoms with van der Waals surface area (Å²) in [5, 5.41) is 6.60. The molecule has 0 bridgehead atoms. The number of hydrogen-bond acceptors (Lipinski definition) is 6. The number of benzene rings is 2. The predicted molar refractivity (Wildman–Crippen MR) is 150 cm³/mol. The van der Waals surface area contributed by atoms with Crippen molar-refractivity contribution in [1.29, 1.82) is 0 Å². The molecule has 2 aliphatic rings. The van der Waals surface area contributed by atoms with Crippen LogP contribution >= 0.6 is 23.2 Å². The quantitative estimate of drug-likeness (QED) is 0.296. The van der Waals surface area contributed by atoms with E-state index >= 15 is 0 Å². The minimum atomic E-state index is -0.0797. The molecule has 5 rings (SSSR count). The molecule has 0 N–H and O–H groups in total. The van der Waals surface area contributed by atoms with Crippen molar-refractivity contribution < 1.29 is 19.0 Å². The van der Waals surface area contributed by atoms with Gasteiger partial charge in [-0.15, -0.1) is 0 Å². The predicted octanol–water partition coefficient (Wildman–Crippen LogP) is 6.47. The number of ether oxygens (including phenoxy) is 3. The number of aromatic nitrogens is 2. The van der Waals surface area contributed by atoms with Crippen LogP contribution in [0.2, 0.25) is 5.15 Å². The van der Waals surface area contributed by atoms with Crippen molar-refractivity contribution in [3.8, 4) is 11.5 Å². The van der Waals surface area contributed by atoms with E-state index in [9.17, 15) is 4.79 Å². The van der Waals surface area contributed by atoms with Gasteiger partial charge >= 0.3 is 5.97 Å². The van der Waals surface area contributed by atoms with Crippen molar-refractivity contribution in [2.24, 2.45) is 5.92 Å². The molecule has 3 aromatic rings. The lowest BCUT2D eigenvalue weighted by Gasteiger charge is -2.32. The molecule has 9 heteroatoms. The second-order valence-corrected chi connectivity index (χ2v) is 10.9. The first-order chi connectivity index (χ1) is 18.3. The Hall–Kier alpha value is -2.74. The smallest absolute Gasteiger partial charge is 0.309 e. The molecular formula is C29H33Cl2N3O4. The molecule has 0 amide bonds. The number of esters is 1. The van der Waals surface area contributed by atoms with Gasteiger partial charge in [-0.2, -0.15) is 5.10 Å². The SMILES string of the molecule is CCOC(=O)C1CCN(CC2=C(Cl)c3ccc(OCc4ccc5c(c4)c(Cl)nn5C(C)C)cc3OC2)CC1. The standard InChI is InChI=1S/C29H33Cl2N3O4/c1-4-36-29(35)20-9-11-33(12-10-20)15-21-17-38-26-14-22(6-7-23(26)27(21)30)37-16-19-5-8-25-24(13-19)28(31)32-34(25)18(2)3/h5-8,13-14,18,20H,4,9-12,15-17H2,1-3H3. The van der Waals surface area contributed by atoms with E-state index in [1.165, 1.54) is 0 Å². The maximum atomic E-state index is 12.0. The number of carbonyl (C=O) groups excluding carboxylic acids is 1. The van der Waals surface area contributed by atoms with Gasteiger partial charge in [0, 0.05) is 35.2 Å². The van der Waals surface area contributed by atoms with Gasteiger partial charge in [0.1, 0.15) is 24.7 Å². The first-order valence-corrected chi connectivity index (χ1v) is 13.9. The number of likely N-dealkylation sites (tertiary alicyclic amines) is 1. The molecule has 0 aliphatic carbocycles. The summed E-state index contributed by atoms with van der Waals surface area (Å²) in [5.41, 5.74) is 3.94. The average Bonchev–Trinajstić information content (AvgIpc) is 3.25. The lowest BCUT2D eigenvalue weighted by Crippen LogP contribution is -2.38. The molecule has 7 nitrogen and oxygen atoms in total. The number of halogens is 2. The van der Waals surface area contributed by atoms with Gasteiger partial charge in [0.15, 0.2) is 5.15 Å². The van der Waals surface area contributed by atoms with Gasteiger partial charge in [0.05, 0.1) is 23.1 Å². The van der Waals surface area contributed by atoms with E-state index in [-0.39, 0.29) is 17.9 Å². The van der Waals surface area contributed by atoms with Crippen molar-refractivity contribution in [2.45, 2.75) is 46.3 Å². The summed E-state index contributed by atoms with van der Waals surface area (Å²) < 4.78 is 19.3. The van der Waals surface area contributed by atoms with Crippen LogP contribution in [0.3, 0.4) is 0 Å². The zero-order chi connectivity index (χ0) is 26.8. The molecule has 202 valence electrons. The fraction of sp³-hybridized carbons (Fsp3) is 0.448. The highest BCUT2D eigenvalue weighted by Gasteiger charge is 2.28. The Morgan fingerprint density at radius 3 is 2.68 bits per heavy atom. The Morgan fingerprint density at radius 1 is 1.16 bits per heavy atom. The third kappa shape index (κ3) is 5.65. The lowest BCUT2D eigenvalue weighted by atomic mass is 9.96. The summed E-state index contributed by atoms with van der Waals surface area (Å²) in [7, 11) is 0. The van der Waals surface area contributed by atoms with Gasteiger partial charge in [-0.3, -0.25) is 14.4 Å². The summed E-state index contributed by atoms with van der Waals surface area (Å²) in [5.74, 6) is 1.34. The van der Waals surface area contributed by atoms with E-state index in [1.54, 1.807) is 0 Å². The maximum absolute atomic E-state index is 12.0. The zero-order valence-corrected chi connectivity index (χ0v) is 23.5. The molecule has 0 atom stereocenters. The summed E-state index contributed by atoms with van der Waals surface area (Å²) in [4.78, 5) is 14.3. The highest BCUT2D eigenvalue weighted by atomic mass is 35.5. The van der Waals surface area contributed by atoms with Gasteiger partial charge < -0.3 is 14.2 Å². The maximum Gasteiger partial charge on any atom is 0.309 e. The Labute approximate surface area is 233 Å². The van der Waals surface area contributed by atoms with Crippen LogP contribution in [0.4, 0.5) is 0 Å². The van der Waals surface area contributed by atoms with Gasteiger partial charge in [0.2, 0.25) is 0 Å². The normalized spacial score (nSPS) is 16.6. The third-order valence-corrected chi connectivity index (χ3v) is 7.89. The van der Waals surface area contributed by atoms with E-state index in [0.717, 1.165) is 65.1 Å². The molecule has 0 saturated carbocycles. The van der Waals surface area contributed by atoms with Crippen molar-refractivity contribution in [1.82, 2.24) is 14.7 Å². The Balaban J connectivity index is 1.21. The molecule has 2 aliphatic heterocycles. The lowest BCUT2D eigenvalue weighted by molar-refractivity contribution is -0.149. The molecule has 1 fully saturated rings. The first kappa shape index (κ1) is 26.9.